The molecule has 0 bridgehead atoms. The maximum Gasteiger partial charge on any atom is 0.335 e. The fourth-order valence-electron chi connectivity index (χ4n) is 3.62. The molecule has 36 heavy (non-hydrogen) atoms. The minimum absolute atomic E-state index is 0.183. The highest BCUT2D eigenvalue weighted by atomic mass is 127. The number of carbonyl (C=O) groups excluding carboxylic acids is 3. The monoisotopic (exact) mass is 598 g/mol. The van der Waals surface area contributed by atoms with Crippen LogP contribution in [-0.4, -0.2) is 32.1 Å². The maximum absolute atomic E-state index is 13.2. The lowest BCUT2D eigenvalue weighted by Crippen LogP contribution is -2.54. The summed E-state index contributed by atoms with van der Waals surface area (Å²) in [6.45, 7) is 2.40. The summed E-state index contributed by atoms with van der Waals surface area (Å²) in [6.07, 6.45) is 1.42. The second-order valence-corrected chi connectivity index (χ2v) is 9.13. The molecule has 1 aliphatic heterocycles. The van der Waals surface area contributed by atoms with Crippen LogP contribution in [0.25, 0.3) is 6.08 Å². The van der Waals surface area contributed by atoms with Crippen LogP contribution in [0.1, 0.15) is 16.7 Å². The molecule has 3 aromatic rings. The molecule has 3 aromatic carbocycles. The van der Waals surface area contributed by atoms with Gasteiger partial charge in [0, 0.05) is 0 Å². The number of ether oxygens (including phenoxy) is 3. The van der Waals surface area contributed by atoms with Gasteiger partial charge in [-0.3, -0.25) is 14.9 Å². The third-order valence-corrected chi connectivity index (χ3v) is 6.29. The van der Waals surface area contributed by atoms with Gasteiger partial charge in [-0.2, -0.15) is 0 Å². The van der Waals surface area contributed by atoms with Crippen molar-refractivity contribution >= 4 is 52.2 Å². The molecule has 1 N–H and O–H groups in total. The lowest BCUT2D eigenvalue weighted by atomic mass is 10.1. The SMILES string of the molecule is COc1cc(/C=C2\C(=O)NC(=O)N(c3ccc(OCc4ccc(C)cc4)cc3)C2=O)cc(I)c1OC. The van der Waals surface area contributed by atoms with Crippen LogP contribution in [0.15, 0.2) is 66.2 Å². The number of aryl methyl sites for hydroxylation is 1. The Morgan fingerprint density at radius 1 is 0.944 bits per heavy atom. The molecule has 0 aliphatic carbocycles. The number of halogens is 1. The summed E-state index contributed by atoms with van der Waals surface area (Å²) in [5, 5.41) is 2.23. The van der Waals surface area contributed by atoms with E-state index in [1.807, 2.05) is 31.2 Å². The van der Waals surface area contributed by atoms with Crippen molar-refractivity contribution in [3.8, 4) is 17.2 Å². The number of hydrogen-bond donors (Lipinski definition) is 1. The van der Waals surface area contributed by atoms with Gasteiger partial charge in [-0.1, -0.05) is 29.8 Å². The summed E-state index contributed by atoms with van der Waals surface area (Å²) in [5.41, 5.74) is 2.86. The molecule has 4 rings (SSSR count). The van der Waals surface area contributed by atoms with E-state index in [1.165, 1.54) is 25.9 Å². The van der Waals surface area contributed by atoms with Crippen LogP contribution in [0, 0.1) is 10.5 Å². The molecule has 0 radical (unpaired) electrons. The Kier molecular flexibility index (Phi) is 7.58. The summed E-state index contributed by atoms with van der Waals surface area (Å²) < 4.78 is 17.2. The predicted octanol–water partition coefficient (Wildman–Crippen LogP) is 4.86. The molecule has 0 atom stereocenters. The summed E-state index contributed by atoms with van der Waals surface area (Å²) in [5.74, 6) is 0.0668. The number of nitrogens with zero attached hydrogens (tertiary/aromatic N) is 1. The average molecular weight is 598 g/mol. The van der Waals surface area contributed by atoms with Crippen LogP contribution >= 0.6 is 22.6 Å². The minimum Gasteiger partial charge on any atom is -0.493 e. The molecule has 8 nitrogen and oxygen atoms in total. The van der Waals surface area contributed by atoms with Gasteiger partial charge in [0.25, 0.3) is 11.8 Å². The third kappa shape index (κ3) is 5.35. The Bertz CT molecular complexity index is 1350. The van der Waals surface area contributed by atoms with Gasteiger partial charge in [-0.15, -0.1) is 0 Å². The predicted molar refractivity (Wildman–Crippen MR) is 143 cm³/mol. The van der Waals surface area contributed by atoms with Crippen molar-refractivity contribution in [1.82, 2.24) is 5.32 Å². The molecule has 1 fully saturated rings. The van der Waals surface area contributed by atoms with Crippen LogP contribution in [0.5, 0.6) is 17.2 Å². The topological polar surface area (TPSA) is 94.2 Å². The van der Waals surface area contributed by atoms with Crippen molar-refractivity contribution in [2.45, 2.75) is 13.5 Å². The molecular formula is C27H23IN2O6. The normalized spacial score (nSPS) is 14.6. The molecule has 1 saturated heterocycles. The molecule has 0 saturated carbocycles. The van der Waals surface area contributed by atoms with Crippen molar-refractivity contribution in [3.05, 3.63) is 86.5 Å². The number of amides is 4. The number of benzene rings is 3. The first-order valence-electron chi connectivity index (χ1n) is 10.9. The third-order valence-electron chi connectivity index (χ3n) is 5.49. The molecule has 1 heterocycles. The highest BCUT2D eigenvalue weighted by Crippen LogP contribution is 2.34. The highest BCUT2D eigenvalue weighted by Gasteiger charge is 2.36. The number of rotatable bonds is 7. The quantitative estimate of drug-likeness (QED) is 0.237. The van der Waals surface area contributed by atoms with E-state index in [2.05, 4.69) is 27.9 Å². The van der Waals surface area contributed by atoms with E-state index in [0.29, 0.717) is 35.1 Å². The van der Waals surface area contributed by atoms with Crippen LogP contribution in [0.2, 0.25) is 0 Å². The van der Waals surface area contributed by atoms with Crippen LogP contribution < -0.4 is 24.4 Å². The van der Waals surface area contributed by atoms with Gasteiger partial charge in [-0.25, -0.2) is 9.69 Å². The van der Waals surface area contributed by atoms with Gasteiger partial charge >= 0.3 is 6.03 Å². The molecule has 184 valence electrons. The number of hydrogen-bond acceptors (Lipinski definition) is 6. The number of carbonyl (C=O) groups is 3. The lowest BCUT2D eigenvalue weighted by Gasteiger charge is -2.26. The number of anilines is 1. The van der Waals surface area contributed by atoms with Crippen LogP contribution in [0.4, 0.5) is 10.5 Å². The smallest absolute Gasteiger partial charge is 0.335 e. The van der Waals surface area contributed by atoms with Crippen molar-refractivity contribution < 1.29 is 28.6 Å². The number of nitrogens with one attached hydrogen (secondary N) is 1. The zero-order valence-electron chi connectivity index (χ0n) is 19.8. The van der Waals surface area contributed by atoms with E-state index < -0.39 is 17.8 Å². The van der Waals surface area contributed by atoms with Gasteiger partial charge in [0.15, 0.2) is 11.5 Å². The number of urea groups is 1. The first-order chi connectivity index (χ1) is 17.3. The molecule has 4 amide bonds. The summed E-state index contributed by atoms with van der Waals surface area (Å²) in [6, 6.07) is 17.1. The maximum atomic E-state index is 13.2. The van der Waals surface area contributed by atoms with Crippen molar-refractivity contribution in [2.24, 2.45) is 0 Å². The molecule has 0 unspecified atom stereocenters. The Balaban J connectivity index is 1.56. The summed E-state index contributed by atoms with van der Waals surface area (Å²) in [4.78, 5) is 39.2. The molecule has 9 heteroatoms. The van der Waals surface area contributed by atoms with Gasteiger partial charge in [0.2, 0.25) is 0 Å². The summed E-state index contributed by atoms with van der Waals surface area (Å²) >= 11 is 2.07. The van der Waals surface area contributed by atoms with Gasteiger partial charge in [0.1, 0.15) is 17.9 Å². The summed E-state index contributed by atoms with van der Waals surface area (Å²) in [7, 11) is 3.02. The van der Waals surface area contributed by atoms with E-state index in [9.17, 15) is 14.4 Å². The molecule has 0 aromatic heterocycles. The average Bonchev–Trinajstić information content (AvgIpc) is 2.86. The van der Waals surface area contributed by atoms with Crippen molar-refractivity contribution in [2.75, 3.05) is 19.1 Å². The van der Waals surface area contributed by atoms with Gasteiger partial charge in [0.05, 0.1) is 23.5 Å². The Morgan fingerprint density at radius 3 is 2.28 bits per heavy atom. The molecule has 0 spiro atoms. The largest absolute Gasteiger partial charge is 0.493 e. The molecular weight excluding hydrogens is 575 g/mol. The zero-order chi connectivity index (χ0) is 25.8. The van der Waals surface area contributed by atoms with E-state index in [1.54, 1.807) is 36.4 Å². The van der Waals surface area contributed by atoms with E-state index in [0.717, 1.165) is 14.0 Å². The van der Waals surface area contributed by atoms with E-state index in [-0.39, 0.29) is 5.57 Å². The number of imide groups is 2. The zero-order valence-corrected chi connectivity index (χ0v) is 22.0. The van der Waals surface area contributed by atoms with Gasteiger partial charge < -0.3 is 14.2 Å². The van der Waals surface area contributed by atoms with Crippen molar-refractivity contribution in [3.63, 3.8) is 0 Å². The Labute approximate surface area is 222 Å². The number of methoxy groups -OCH3 is 2. The van der Waals surface area contributed by atoms with Crippen LogP contribution in [-0.2, 0) is 16.2 Å². The lowest BCUT2D eigenvalue weighted by molar-refractivity contribution is -0.122. The standard InChI is InChI=1S/C27H23IN2O6/c1-16-4-6-17(7-5-16)15-36-20-10-8-19(9-11-20)30-26(32)21(25(31)29-27(30)33)12-18-13-22(28)24(35-3)23(14-18)34-2/h4-14H,15H2,1-3H3,(H,29,31,33)/b21-12+. The second kappa shape index (κ2) is 10.8. The molecule has 1 aliphatic rings. The second-order valence-electron chi connectivity index (χ2n) is 7.96. The first kappa shape index (κ1) is 25.2. The Morgan fingerprint density at radius 2 is 1.64 bits per heavy atom. The Hall–Kier alpha value is -3.86. The number of barbiturate groups is 1. The minimum atomic E-state index is -0.822. The van der Waals surface area contributed by atoms with Crippen molar-refractivity contribution in [1.29, 1.82) is 0 Å². The fourth-order valence-corrected chi connectivity index (χ4v) is 4.47. The van der Waals surface area contributed by atoms with E-state index in [4.69, 9.17) is 14.2 Å². The first-order valence-corrected chi connectivity index (χ1v) is 12.0. The highest BCUT2D eigenvalue weighted by molar-refractivity contribution is 14.1. The fraction of sp³-hybridized carbons (Fsp3) is 0.148. The van der Waals surface area contributed by atoms with E-state index >= 15 is 0 Å². The van der Waals surface area contributed by atoms with Gasteiger partial charge in [-0.05, 0) is 83.1 Å². The van der Waals surface area contributed by atoms with Crippen LogP contribution in [0.3, 0.4) is 0 Å².